The molecule has 2 aromatic rings. The van der Waals surface area contributed by atoms with Gasteiger partial charge in [-0.1, -0.05) is 6.07 Å². The zero-order valence-corrected chi connectivity index (χ0v) is 16.0. The molecule has 0 aliphatic carbocycles. The second-order valence-electron chi connectivity index (χ2n) is 5.80. The Bertz CT molecular complexity index is 946. The molecule has 0 heterocycles. The Morgan fingerprint density at radius 2 is 1.93 bits per heavy atom. The van der Waals surface area contributed by atoms with Crippen molar-refractivity contribution in [3.05, 3.63) is 57.4 Å². The lowest BCUT2D eigenvalue weighted by Gasteiger charge is -2.12. The number of ether oxygens (including phenoxy) is 3. The third kappa shape index (κ3) is 5.41. The average molecular weight is 406 g/mol. The summed E-state index contributed by atoms with van der Waals surface area (Å²) in [6.07, 6.45) is 0. The number of nitro groups is 1. The first-order chi connectivity index (χ1) is 13.8. The normalized spacial score (nSPS) is 10.2. The molecule has 10 heteroatoms. The van der Waals surface area contributed by atoms with Crippen LogP contribution in [0, 0.1) is 22.9 Å². The van der Waals surface area contributed by atoms with Gasteiger partial charge in [0.25, 0.3) is 11.6 Å². The number of halogens is 1. The first-order valence-corrected chi connectivity index (χ1v) is 8.49. The predicted octanol–water partition coefficient (Wildman–Crippen LogP) is 3.25. The van der Waals surface area contributed by atoms with Gasteiger partial charge in [-0.25, -0.2) is 9.18 Å². The largest absolute Gasteiger partial charge is 0.493 e. The van der Waals surface area contributed by atoms with Gasteiger partial charge in [0.05, 0.1) is 24.7 Å². The summed E-state index contributed by atoms with van der Waals surface area (Å²) in [6, 6.07) is 6.25. The molecule has 2 aromatic carbocycles. The molecule has 0 spiro atoms. The van der Waals surface area contributed by atoms with E-state index in [-0.39, 0.29) is 23.8 Å². The number of aryl methyl sites for hydroxylation is 1. The Hall–Kier alpha value is -3.69. The van der Waals surface area contributed by atoms with E-state index in [0.29, 0.717) is 5.56 Å². The topological polar surface area (TPSA) is 117 Å². The van der Waals surface area contributed by atoms with Gasteiger partial charge in [-0.15, -0.1) is 0 Å². The van der Waals surface area contributed by atoms with Crippen molar-refractivity contribution in [1.82, 2.24) is 0 Å². The number of esters is 1. The molecular formula is C19H19FN2O7. The van der Waals surface area contributed by atoms with Crippen molar-refractivity contribution in [3.8, 4) is 11.5 Å². The quantitative estimate of drug-likeness (QED) is 0.406. The van der Waals surface area contributed by atoms with Crippen molar-refractivity contribution >= 4 is 23.3 Å². The number of nitrogens with one attached hydrogen (secondary N) is 1. The highest BCUT2D eigenvalue weighted by atomic mass is 19.1. The number of hydrogen-bond acceptors (Lipinski definition) is 7. The molecule has 9 nitrogen and oxygen atoms in total. The van der Waals surface area contributed by atoms with Gasteiger partial charge in [-0.2, -0.15) is 0 Å². The van der Waals surface area contributed by atoms with Crippen LogP contribution in [0.1, 0.15) is 22.8 Å². The third-order valence-corrected chi connectivity index (χ3v) is 3.79. The summed E-state index contributed by atoms with van der Waals surface area (Å²) in [5.74, 6) is -2.13. The highest BCUT2D eigenvalue weighted by Crippen LogP contribution is 2.35. The van der Waals surface area contributed by atoms with Gasteiger partial charge >= 0.3 is 5.97 Å². The van der Waals surface area contributed by atoms with Crippen LogP contribution in [0.2, 0.25) is 0 Å². The van der Waals surface area contributed by atoms with Gasteiger partial charge in [-0.05, 0) is 31.5 Å². The van der Waals surface area contributed by atoms with E-state index in [0.717, 1.165) is 18.2 Å². The summed E-state index contributed by atoms with van der Waals surface area (Å²) in [7, 11) is 1.30. The fraction of sp³-hybridized carbons (Fsp3) is 0.263. The highest BCUT2D eigenvalue weighted by Gasteiger charge is 2.26. The Morgan fingerprint density at radius 3 is 2.52 bits per heavy atom. The summed E-state index contributed by atoms with van der Waals surface area (Å²) < 4.78 is 28.7. The van der Waals surface area contributed by atoms with Crippen LogP contribution in [0.15, 0.2) is 30.3 Å². The molecule has 0 unspecified atom stereocenters. The Balaban J connectivity index is 2.14. The molecule has 0 saturated carbocycles. The number of anilines is 1. The molecule has 0 atom stereocenters. The third-order valence-electron chi connectivity index (χ3n) is 3.79. The number of nitrogens with zero attached hydrogens (tertiary/aromatic N) is 1. The lowest BCUT2D eigenvalue weighted by molar-refractivity contribution is -0.385. The van der Waals surface area contributed by atoms with Gasteiger partial charge in [0.2, 0.25) is 0 Å². The minimum Gasteiger partial charge on any atom is -0.493 e. The molecule has 0 bridgehead atoms. The summed E-state index contributed by atoms with van der Waals surface area (Å²) in [4.78, 5) is 34.8. The Morgan fingerprint density at radius 1 is 1.21 bits per heavy atom. The van der Waals surface area contributed by atoms with Crippen LogP contribution in [0.3, 0.4) is 0 Å². The zero-order valence-electron chi connectivity index (χ0n) is 16.0. The number of amides is 1. The van der Waals surface area contributed by atoms with E-state index in [1.54, 1.807) is 13.8 Å². The smallest absolute Gasteiger partial charge is 0.345 e. The Kier molecular flexibility index (Phi) is 7.07. The van der Waals surface area contributed by atoms with Crippen LogP contribution in [-0.2, 0) is 9.53 Å². The monoisotopic (exact) mass is 406 g/mol. The van der Waals surface area contributed by atoms with Crippen LogP contribution in [-0.4, -0.2) is 37.1 Å². The molecule has 0 radical (unpaired) electrons. The lowest BCUT2D eigenvalue weighted by Crippen LogP contribution is -2.21. The summed E-state index contributed by atoms with van der Waals surface area (Å²) in [5, 5.41) is 13.7. The molecular weight excluding hydrogens is 387 g/mol. The molecule has 29 heavy (non-hydrogen) atoms. The summed E-state index contributed by atoms with van der Waals surface area (Å²) >= 11 is 0. The zero-order chi connectivity index (χ0) is 21.6. The highest BCUT2D eigenvalue weighted by molar-refractivity contribution is 5.98. The minimum atomic E-state index is -1.09. The van der Waals surface area contributed by atoms with E-state index in [9.17, 15) is 24.1 Å². The van der Waals surface area contributed by atoms with Crippen LogP contribution < -0.4 is 14.8 Å². The first kappa shape index (κ1) is 21.6. The van der Waals surface area contributed by atoms with E-state index in [1.807, 2.05) is 0 Å². The number of carbonyl (C=O) groups excluding carboxylic acids is 2. The van der Waals surface area contributed by atoms with Crippen molar-refractivity contribution < 1.29 is 33.1 Å². The summed E-state index contributed by atoms with van der Waals surface area (Å²) in [6.45, 7) is 2.78. The fourth-order valence-electron chi connectivity index (χ4n) is 2.37. The number of carbonyl (C=O) groups is 2. The van der Waals surface area contributed by atoms with Gasteiger partial charge in [-0.3, -0.25) is 14.9 Å². The molecule has 0 fully saturated rings. The van der Waals surface area contributed by atoms with Crippen molar-refractivity contribution in [3.63, 3.8) is 0 Å². The Labute approximate surface area is 165 Å². The predicted molar refractivity (Wildman–Crippen MR) is 101 cm³/mol. The van der Waals surface area contributed by atoms with Gasteiger partial charge < -0.3 is 19.5 Å². The maximum atomic E-state index is 13.5. The molecule has 2 rings (SSSR count). The molecule has 0 saturated heterocycles. The molecule has 1 amide bonds. The standard InChI is InChI=1S/C19H19FN2O7/c1-4-28-17-8-13(15(22(25)26)9-16(17)27-3)19(24)29-10-18(23)21-12-6-5-11(2)14(20)7-12/h5-9H,4,10H2,1-3H3,(H,21,23). The number of benzene rings is 2. The van der Waals surface area contributed by atoms with E-state index >= 15 is 0 Å². The second-order valence-corrected chi connectivity index (χ2v) is 5.80. The lowest BCUT2D eigenvalue weighted by atomic mass is 10.1. The summed E-state index contributed by atoms with van der Waals surface area (Å²) in [5.41, 5.74) is -0.362. The molecule has 0 aliphatic heterocycles. The van der Waals surface area contributed by atoms with E-state index in [2.05, 4.69) is 5.32 Å². The molecule has 154 valence electrons. The van der Waals surface area contributed by atoms with Crippen molar-refractivity contribution in [2.45, 2.75) is 13.8 Å². The van der Waals surface area contributed by atoms with Crippen molar-refractivity contribution in [1.29, 1.82) is 0 Å². The number of rotatable bonds is 8. The van der Waals surface area contributed by atoms with E-state index in [1.165, 1.54) is 19.2 Å². The average Bonchev–Trinajstić information content (AvgIpc) is 2.68. The number of nitro benzene ring substituents is 1. The van der Waals surface area contributed by atoms with Crippen LogP contribution in [0.4, 0.5) is 15.8 Å². The molecule has 0 aliphatic rings. The van der Waals surface area contributed by atoms with Crippen LogP contribution in [0.25, 0.3) is 0 Å². The van der Waals surface area contributed by atoms with E-state index in [4.69, 9.17) is 14.2 Å². The maximum Gasteiger partial charge on any atom is 0.345 e. The molecule has 1 N–H and O–H groups in total. The van der Waals surface area contributed by atoms with E-state index < -0.39 is 40.5 Å². The minimum absolute atomic E-state index is 0.0780. The van der Waals surface area contributed by atoms with Gasteiger partial charge in [0, 0.05) is 11.8 Å². The SMILES string of the molecule is CCOc1cc(C(=O)OCC(=O)Nc2ccc(C)c(F)c2)c([N+](=O)[O-])cc1OC. The van der Waals surface area contributed by atoms with Crippen molar-refractivity contribution in [2.24, 2.45) is 0 Å². The van der Waals surface area contributed by atoms with Crippen molar-refractivity contribution in [2.75, 3.05) is 25.6 Å². The van der Waals surface area contributed by atoms with Gasteiger partial charge in [0.15, 0.2) is 18.1 Å². The first-order valence-electron chi connectivity index (χ1n) is 8.49. The number of hydrogen-bond donors (Lipinski definition) is 1. The number of methoxy groups -OCH3 is 1. The maximum absolute atomic E-state index is 13.5. The van der Waals surface area contributed by atoms with Gasteiger partial charge in [0.1, 0.15) is 11.4 Å². The van der Waals surface area contributed by atoms with Crippen LogP contribution >= 0.6 is 0 Å². The fourth-order valence-corrected chi connectivity index (χ4v) is 2.37. The van der Waals surface area contributed by atoms with Crippen LogP contribution in [0.5, 0.6) is 11.5 Å². The molecule has 0 aromatic heterocycles. The second kappa shape index (κ2) is 9.49.